The highest BCUT2D eigenvalue weighted by Gasteiger charge is 2.13. The number of aromatic nitrogens is 1. The third kappa shape index (κ3) is 3.27. The molecule has 0 amide bonds. The Morgan fingerprint density at radius 2 is 2.25 bits per heavy atom. The molecular weight excluding hydrogens is 272 g/mol. The van der Waals surface area contributed by atoms with Gasteiger partial charge in [-0.1, -0.05) is 11.2 Å². The molecule has 0 radical (unpaired) electrons. The molecule has 2 rings (SSSR count). The average Bonchev–Trinajstić information content (AvgIpc) is 2.97. The van der Waals surface area contributed by atoms with Gasteiger partial charge in [0.15, 0.2) is 5.84 Å². The van der Waals surface area contributed by atoms with Gasteiger partial charge in [0.1, 0.15) is 5.82 Å². The largest absolute Gasteiger partial charge is 0.409 e. The van der Waals surface area contributed by atoms with Crippen molar-refractivity contribution in [1.82, 2.24) is 4.98 Å². The maximum Gasteiger partial charge on any atom is 0.173 e. The van der Waals surface area contributed by atoms with Gasteiger partial charge in [-0.15, -0.1) is 11.3 Å². The Morgan fingerprint density at radius 3 is 2.90 bits per heavy atom. The van der Waals surface area contributed by atoms with Crippen LogP contribution in [0, 0.1) is 6.92 Å². The molecular formula is C14H18N4OS. The first-order valence-electron chi connectivity index (χ1n) is 6.31. The Balaban J connectivity index is 2.19. The van der Waals surface area contributed by atoms with E-state index >= 15 is 0 Å². The third-order valence-corrected chi connectivity index (χ3v) is 3.97. The number of hydrogen-bond donors (Lipinski definition) is 2. The summed E-state index contributed by atoms with van der Waals surface area (Å²) in [5, 5.41) is 14.0. The molecule has 0 fully saturated rings. The van der Waals surface area contributed by atoms with Gasteiger partial charge in [0.05, 0.1) is 5.56 Å². The summed E-state index contributed by atoms with van der Waals surface area (Å²) in [5.41, 5.74) is 7.25. The molecule has 0 aliphatic heterocycles. The lowest BCUT2D eigenvalue weighted by Crippen LogP contribution is -2.26. The van der Waals surface area contributed by atoms with E-state index in [0.717, 1.165) is 24.5 Å². The number of aryl methyl sites for hydroxylation is 1. The minimum Gasteiger partial charge on any atom is -0.409 e. The molecule has 5 nitrogen and oxygen atoms in total. The number of anilines is 1. The fraction of sp³-hybridized carbons (Fsp3) is 0.286. The number of nitrogens with two attached hydrogens (primary N) is 1. The van der Waals surface area contributed by atoms with Crippen molar-refractivity contribution in [3.8, 4) is 0 Å². The van der Waals surface area contributed by atoms with Crippen molar-refractivity contribution >= 4 is 23.0 Å². The van der Waals surface area contributed by atoms with Crippen molar-refractivity contribution in [2.24, 2.45) is 10.9 Å². The zero-order valence-corrected chi connectivity index (χ0v) is 12.4. The van der Waals surface area contributed by atoms with Crippen LogP contribution in [-0.4, -0.2) is 29.6 Å². The summed E-state index contributed by atoms with van der Waals surface area (Å²) >= 11 is 1.74. The number of pyridine rings is 1. The summed E-state index contributed by atoms with van der Waals surface area (Å²) in [6.45, 7) is 2.75. The van der Waals surface area contributed by atoms with E-state index in [4.69, 9.17) is 10.9 Å². The molecule has 20 heavy (non-hydrogen) atoms. The first kappa shape index (κ1) is 14.3. The topological polar surface area (TPSA) is 74.7 Å². The molecule has 2 heterocycles. The molecule has 0 aromatic carbocycles. The monoisotopic (exact) mass is 290 g/mol. The summed E-state index contributed by atoms with van der Waals surface area (Å²) < 4.78 is 0. The van der Waals surface area contributed by atoms with Crippen molar-refractivity contribution < 1.29 is 5.21 Å². The molecule has 3 N–H and O–H groups in total. The van der Waals surface area contributed by atoms with Crippen LogP contribution in [0.2, 0.25) is 0 Å². The van der Waals surface area contributed by atoms with E-state index in [2.05, 4.69) is 21.6 Å². The molecule has 106 valence electrons. The lowest BCUT2D eigenvalue weighted by Gasteiger charge is -2.21. The van der Waals surface area contributed by atoms with E-state index < -0.39 is 0 Å². The second-order valence-corrected chi connectivity index (χ2v) is 5.59. The molecule has 2 aromatic rings. The SMILES string of the molecule is Cc1ccc(C(N)=NO)c(N(C)CCc2cccs2)n1. The summed E-state index contributed by atoms with van der Waals surface area (Å²) in [6.07, 6.45) is 0.944. The van der Waals surface area contributed by atoms with Gasteiger partial charge >= 0.3 is 0 Å². The first-order valence-corrected chi connectivity index (χ1v) is 7.19. The minimum absolute atomic E-state index is 0.0791. The highest BCUT2D eigenvalue weighted by Crippen LogP contribution is 2.18. The number of nitrogens with zero attached hydrogens (tertiary/aromatic N) is 3. The maximum atomic E-state index is 8.86. The zero-order valence-electron chi connectivity index (χ0n) is 11.6. The van der Waals surface area contributed by atoms with Gasteiger partial charge in [-0.3, -0.25) is 0 Å². The van der Waals surface area contributed by atoms with Gasteiger partial charge < -0.3 is 15.8 Å². The van der Waals surface area contributed by atoms with Crippen LogP contribution >= 0.6 is 11.3 Å². The Bertz CT molecular complexity index is 595. The van der Waals surface area contributed by atoms with Gasteiger partial charge in [0, 0.05) is 24.2 Å². The Labute approximate surface area is 122 Å². The quantitative estimate of drug-likeness (QED) is 0.383. The predicted octanol–water partition coefficient (Wildman–Crippen LogP) is 2.22. The lowest BCUT2D eigenvalue weighted by molar-refractivity contribution is 0.318. The minimum atomic E-state index is 0.0791. The fourth-order valence-corrected chi connectivity index (χ4v) is 2.62. The van der Waals surface area contributed by atoms with E-state index in [1.165, 1.54) is 4.88 Å². The molecule has 6 heteroatoms. The van der Waals surface area contributed by atoms with Gasteiger partial charge in [0.2, 0.25) is 0 Å². The molecule has 0 unspecified atom stereocenters. The Kier molecular flexibility index (Phi) is 4.57. The fourth-order valence-electron chi connectivity index (χ4n) is 1.93. The van der Waals surface area contributed by atoms with E-state index in [0.29, 0.717) is 5.56 Å². The normalized spacial score (nSPS) is 11.6. The van der Waals surface area contributed by atoms with Gasteiger partial charge in [0.25, 0.3) is 0 Å². The number of likely N-dealkylation sites (N-methyl/N-ethyl adjacent to an activating group) is 1. The van der Waals surface area contributed by atoms with Crippen LogP contribution in [-0.2, 0) is 6.42 Å². The number of amidine groups is 1. The van der Waals surface area contributed by atoms with Gasteiger partial charge in [-0.25, -0.2) is 4.98 Å². The van der Waals surface area contributed by atoms with Crippen molar-refractivity contribution in [3.63, 3.8) is 0 Å². The van der Waals surface area contributed by atoms with Gasteiger partial charge in [-0.2, -0.15) is 0 Å². The second kappa shape index (κ2) is 6.38. The number of rotatable bonds is 5. The number of oxime groups is 1. The van der Waals surface area contributed by atoms with Crippen molar-refractivity contribution in [3.05, 3.63) is 45.8 Å². The molecule has 0 aliphatic carbocycles. The van der Waals surface area contributed by atoms with Crippen LogP contribution in [0.15, 0.2) is 34.8 Å². The van der Waals surface area contributed by atoms with E-state index in [1.807, 2.05) is 37.1 Å². The van der Waals surface area contributed by atoms with Crippen LogP contribution < -0.4 is 10.6 Å². The molecule has 0 saturated carbocycles. The first-order chi connectivity index (χ1) is 9.61. The molecule has 0 atom stereocenters. The molecule has 0 bridgehead atoms. The summed E-state index contributed by atoms with van der Waals surface area (Å²) in [7, 11) is 1.96. The lowest BCUT2D eigenvalue weighted by atomic mass is 10.2. The van der Waals surface area contributed by atoms with Crippen molar-refractivity contribution in [1.29, 1.82) is 0 Å². The zero-order chi connectivity index (χ0) is 14.5. The Morgan fingerprint density at radius 1 is 1.45 bits per heavy atom. The molecule has 2 aromatic heterocycles. The van der Waals surface area contributed by atoms with Crippen LogP contribution in [0.4, 0.5) is 5.82 Å². The van der Waals surface area contributed by atoms with Crippen LogP contribution in [0.5, 0.6) is 0 Å². The van der Waals surface area contributed by atoms with Crippen LogP contribution in [0.25, 0.3) is 0 Å². The summed E-state index contributed by atoms with van der Waals surface area (Å²) in [4.78, 5) is 7.86. The smallest absolute Gasteiger partial charge is 0.173 e. The Hall–Kier alpha value is -2.08. The number of hydrogen-bond acceptors (Lipinski definition) is 5. The van der Waals surface area contributed by atoms with E-state index in [9.17, 15) is 0 Å². The highest BCUT2D eigenvalue weighted by molar-refractivity contribution is 7.09. The van der Waals surface area contributed by atoms with Gasteiger partial charge in [-0.05, 0) is 36.9 Å². The molecule has 0 aliphatic rings. The average molecular weight is 290 g/mol. The van der Waals surface area contributed by atoms with Crippen LogP contribution in [0.1, 0.15) is 16.1 Å². The van der Waals surface area contributed by atoms with Crippen LogP contribution in [0.3, 0.4) is 0 Å². The summed E-state index contributed by atoms with van der Waals surface area (Å²) in [5.74, 6) is 0.812. The third-order valence-electron chi connectivity index (χ3n) is 3.03. The highest BCUT2D eigenvalue weighted by atomic mass is 32.1. The molecule has 0 spiro atoms. The maximum absolute atomic E-state index is 8.86. The molecule has 0 saturated heterocycles. The summed E-state index contributed by atoms with van der Waals surface area (Å²) in [6, 6.07) is 7.84. The number of thiophene rings is 1. The van der Waals surface area contributed by atoms with Crippen molar-refractivity contribution in [2.75, 3.05) is 18.5 Å². The second-order valence-electron chi connectivity index (χ2n) is 4.56. The van der Waals surface area contributed by atoms with E-state index in [1.54, 1.807) is 11.3 Å². The standard InChI is InChI=1S/C14H18N4OS/c1-10-5-6-12(13(15)17-19)14(16-10)18(2)8-7-11-4-3-9-20-11/h3-6,9,19H,7-8H2,1-2H3,(H2,15,17). The van der Waals surface area contributed by atoms with Crippen molar-refractivity contribution in [2.45, 2.75) is 13.3 Å². The predicted molar refractivity (Wildman–Crippen MR) is 82.8 cm³/mol. The van der Waals surface area contributed by atoms with E-state index in [-0.39, 0.29) is 5.84 Å².